The molecule has 0 spiro atoms. The second-order valence-corrected chi connectivity index (χ2v) is 4.12. The molecular formula is C10H10N4O2S. The van der Waals surface area contributed by atoms with E-state index in [0.29, 0.717) is 6.54 Å². The van der Waals surface area contributed by atoms with Gasteiger partial charge in [-0.1, -0.05) is 4.49 Å². The summed E-state index contributed by atoms with van der Waals surface area (Å²) in [6.45, 7) is 2.39. The quantitative estimate of drug-likeness (QED) is 0.665. The van der Waals surface area contributed by atoms with Crippen molar-refractivity contribution < 1.29 is 4.92 Å². The molecule has 2 rings (SSSR count). The number of benzene rings is 1. The number of nitro benzene ring substituents is 1. The second-order valence-electron chi connectivity index (χ2n) is 3.51. The number of rotatable bonds is 4. The molecule has 1 N–H and O–H groups in total. The summed E-state index contributed by atoms with van der Waals surface area (Å²) in [6, 6.07) is 4.73. The van der Waals surface area contributed by atoms with E-state index in [4.69, 9.17) is 0 Å². The molecule has 0 aliphatic heterocycles. The van der Waals surface area contributed by atoms with Crippen molar-refractivity contribution in [3.63, 3.8) is 0 Å². The van der Waals surface area contributed by atoms with E-state index >= 15 is 0 Å². The summed E-state index contributed by atoms with van der Waals surface area (Å²) in [5.41, 5.74) is 2.65. The van der Waals surface area contributed by atoms with Crippen LogP contribution in [0.4, 0.5) is 11.4 Å². The van der Waals surface area contributed by atoms with Crippen LogP contribution in [0.5, 0.6) is 0 Å². The minimum Gasteiger partial charge on any atom is -0.379 e. The van der Waals surface area contributed by atoms with Gasteiger partial charge < -0.3 is 5.32 Å². The number of nitrogens with one attached hydrogen (secondary N) is 1. The summed E-state index contributed by atoms with van der Waals surface area (Å²) >= 11 is 1.29. The molecule has 0 saturated carbocycles. The van der Waals surface area contributed by atoms with E-state index < -0.39 is 4.92 Å². The van der Waals surface area contributed by atoms with E-state index in [2.05, 4.69) is 14.9 Å². The average molecular weight is 250 g/mol. The molecule has 88 valence electrons. The Balaban J connectivity index is 2.09. The molecule has 0 radical (unpaired) electrons. The van der Waals surface area contributed by atoms with Crippen LogP contribution in [0.25, 0.3) is 0 Å². The Bertz CT molecular complexity index is 527. The molecule has 0 unspecified atom stereocenters. The Morgan fingerprint density at radius 2 is 2.35 bits per heavy atom. The molecule has 0 aliphatic rings. The molecule has 0 bridgehead atoms. The first-order chi connectivity index (χ1) is 8.16. The third kappa shape index (κ3) is 2.76. The largest absolute Gasteiger partial charge is 0.379 e. The van der Waals surface area contributed by atoms with Crippen LogP contribution >= 0.6 is 11.5 Å². The van der Waals surface area contributed by atoms with E-state index in [1.54, 1.807) is 12.1 Å². The number of hydrogen-bond donors (Lipinski definition) is 1. The van der Waals surface area contributed by atoms with Gasteiger partial charge >= 0.3 is 0 Å². The van der Waals surface area contributed by atoms with Crippen molar-refractivity contribution in [2.75, 3.05) is 5.32 Å². The van der Waals surface area contributed by atoms with Gasteiger partial charge in [-0.3, -0.25) is 10.1 Å². The highest BCUT2D eigenvalue weighted by Crippen LogP contribution is 2.21. The summed E-state index contributed by atoms with van der Waals surface area (Å²) in [5, 5.41) is 19.5. The van der Waals surface area contributed by atoms with Crippen LogP contribution in [0.2, 0.25) is 0 Å². The molecule has 2 aromatic rings. The molecule has 1 aromatic carbocycles. The fraction of sp³-hybridized carbons (Fsp3) is 0.200. The van der Waals surface area contributed by atoms with Gasteiger partial charge in [0.15, 0.2) is 0 Å². The lowest BCUT2D eigenvalue weighted by atomic mass is 10.2. The number of nitrogens with zero attached hydrogens (tertiary/aromatic N) is 3. The summed E-state index contributed by atoms with van der Waals surface area (Å²) < 4.78 is 3.76. The summed E-state index contributed by atoms with van der Waals surface area (Å²) in [5.74, 6) is 0. The highest BCUT2D eigenvalue weighted by atomic mass is 32.1. The molecule has 6 nitrogen and oxygen atoms in total. The summed E-state index contributed by atoms with van der Waals surface area (Å²) in [4.78, 5) is 10.2. The maximum absolute atomic E-state index is 10.6. The van der Waals surface area contributed by atoms with Crippen LogP contribution in [-0.2, 0) is 6.54 Å². The first-order valence-electron chi connectivity index (χ1n) is 4.91. The smallest absolute Gasteiger partial charge is 0.269 e. The van der Waals surface area contributed by atoms with Gasteiger partial charge in [0.1, 0.15) is 0 Å². The van der Waals surface area contributed by atoms with E-state index in [1.807, 2.05) is 12.3 Å². The molecule has 0 aliphatic carbocycles. The van der Waals surface area contributed by atoms with Crippen molar-refractivity contribution >= 4 is 22.9 Å². The number of anilines is 1. The van der Waals surface area contributed by atoms with Gasteiger partial charge in [0, 0.05) is 23.2 Å². The van der Waals surface area contributed by atoms with Crippen molar-refractivity contribution in [2.24, 2.45) is 0 Å². The third-order valence-electron chi connectivity index (χ3n) is 2.29. The van der Waals surface area contributed by atoms with Gasteiger partial charge in [-0.15, -0.1) is 5.10 Å². The lowest BCUT2D eigenvalue weighted by Crippen LogP contribution is -2.01. The van der Waals surface area contributed by atoms with Crippen LogP contribution in [-0.4, -0.2) is 14.5 Å². The maximum Gasteiger partial charge on any atom is 0.269 e. The zero-order valence-corrected chi connectivity index (χ0v) is 9.90. The zero-order chi connectivity index (χ0) is 12.3. The fourth-order valence-electron chi connectivity index (χ4n) is 1.41. The Labute approximate surface area is 102 Å². The molecule has 1 heterocycles. The first-order valence-corrected chi connectivity index (χ1v) is 5.75. The van der Waals surface area contributed by atoms with Gasteiger partial charge in [-0.25, -0.2) is 0 Å². The number of hydrogen-bond acceptors (Lipinski definition) is 6. The van der Waals surface area contributed by atoms with Crippen LogP contribution in [0.15, 0.2) is 23.6 Å². The van der Waals surface area contributed by atoms with Crippen LogP contribution < -0.4 is 5.32 Å². The van der Waals surface area contributed by atoms with Crippen LogP contribution in [0, 0.1) is 17.0 Å². The molecule has 17 heavy (non-hydrogen) atoms. The zero-order valence-electron chi connectivity index (χ0n) is 9.08. The van der Waals surface area contributed by atoms with Crippen molar-refractivity contribution in [1.29, 1.82) is 0 Å². The number of aromatic nitrogens is 2. The Morgan fingerprint density at radius 1 is 1.53 bits per heavy atom. The van der Waals surface area contributed by atoms with Crippen LogP contribution in [0.3, 0.4) is 0 Å². The number of non-ortho nitro benzene ring substituents is 1. The topological polar surface area (TPSA) is 81.0 Å². The predicted molar refractivity (Wildman–Crippen MR) is 65.1 cm³/mol. The van der Waals surface area contributed by atoms with Crippen molar-refractivity contribution in [2.45, 2.75) is 13.5 Å². The highest BCUT2D eigenvalue weighted by molar-refractivity contribution is 7.03. The lowest BCUT2D eigenvalue weighted by Gasteiger charge is -2.07. The van der Waals surface area contributed by atoms with E-state index in [1.165, 1.54) is 17.6 Å². The fourth-order valence-corrected chi connectivity index (χ4v) is 1.86. The minimum atomic E-state index is -0.402. The van der Waals surface area contributed by atoms with Gasteiger partial charge in [0.2, 0.25) is 0 Å². The average Bonchev–Trinajstić information content (AvgIpc) is 2.80. The molecule has 0 fully saturated rings. The van der Waals surface area contributed by atoms with E-state index in [9.17, 15) is 10.1 Å². The summed E-state index contributed by atoms with van der Waals surface area (Å²) in [6.07, 6.45) is 0. The van der Waals surface area contributed by atoms with Gasteiger partial charge in [-0.05, 0) is 30.1 Å². The SMILES string of the molecule is Cc1cc([N+](=O)[O-])ccc1NCc1csnn1. The molecular weight excluding hydrogens is 240 g/mol. The first kappa shape index (κ1) is 11.5. The van der Waals surface area contributed by atoms with Gasteiger partial charge in [0.05, 0.1) is 17.2 Å². The van der Waals surface area contributed by atoms with Crippen molar-refractivity contribution in [3.05, 3.63) is 45.0 Å². The van der Waals surface area contributed by atoms with Crippen LogP contribution in [0.1, 0.15) is 11.3 Å². The molecule has 0 atom stereocenters. The standard InChI is InChI=1S/C10H10N4O2S/c1-7-4-9(14(15)16)2-3-10(7)11-5-8-6-17-13-12-8/h2-4,6,11H,5H2,1H3. The molecule has 0 amide bonds. The maximum atomic E-state index is 10.6. The van der Waals surface area contributed by atoms with E-state index in [-0.39, 0.29) is 5.69 Å². The lowest BCUT2D eigenvalue weighted by molar-refractivity contribution is -0.384. The number of nitro groups is 1. The Morgan fingerprint density at radius 3 is 2.94 bits per heavy atom. The third-order valence-corrected chi connectivity index (χ3v) is 2.84. The highest BCUT2D eigenvalue weighted by Gasteiger charge is 2.07. The predicted octanol–water partition coefficient (Wildman–Crippen LogP) is 2.37. The van der Waals surface area contributed by atoms with Crippen molar-refractivity contribution in [3.8, 4) is 0 Å². The van der Waals surface area contributed by atoms with Gasteiger partial charge in [-0.2, -0.15) is 0 Å². The molecule has 1 aromatic heterocycles. The Kier molecular flexibility index (Phi) is 3.29. The molecule has 0 saturated heterocycles. The normalized spacial score (nSPS) is 10.2. The molecule has 7 heteroatoms. The monoisotopic (exact) mass is 250 g/mol. The van der Waals surface area contributed by atoms with Crippen molar-refractivity contribution in [1.82, 2.24) is 9.59 Å². The second kappa shape index (κ2) is 4.88. The Hall–Kier alpha value is -2.02. The number of aryl methyl sites for hydroxylation is 1. The summed E-state index contributed by atoms with van der Waals surface area (Å²) in [7, 11) is 0. The van der Waals surface area contributed by atoms with Gasteiger partial charge in [0.25, 0.3) is 5.69 Å². The minimum absolute atomic E-state index is 0.100. The van der Waals surface area contributed by atoms with E-state index in [0.717, 1.165) is 16.9 Å².